The van der Waals surface area contributed by atoms with Crippen molar-refractivity contribution in [3.05, 3.63) is 15.6 Å². The van der Waals surface area contributed by atoms with Gasteiger partial charge in [0.1, 0.15) is 5.01 Å². The Hall–Kier alpha value is -0.940. The van der Waals surface area contributed by atoms with E-state index in [-0.39, 0.29) is 5.69 Å². The second kappa shape index (κ2) is 4.28. The first-order valence-corrected chi connectivity index (χ1v) is 5.90. The lowest BCUT2D eigenvalue weighted by Gasteiger charge is -2.11. The van der Waals surface area contributed by atoms with Crippen LogP contribution in [0.4, 0.5) is 0 Å². The number of rotatable bonds is 3. The van der Waals surface area contributed by atoms with Gasteiger partial charge in [-0.3, -0.25) is 4.90 Å². The van der Waals surface area contributed by atoms with Gasteiger partial charge in [-0.2, -0.15) is 0 Å². The summed E-state index contributed by atoms with van der Waals surface area (Å²) in [4.78, 5) is 18.1. The monoisotopic (exact) mass is 226 g/mol. The number of hydrogen-bond acceptors (Lipinski definition) is 4. The van der Waals surface area contributed by atoms with Gasteiger partial charge in [0.15, 0.2) is 5.69 Å². The van der Waals surface area contributed by atoms with Gasteiger partial charge < -0.3 is 5.11 Å². The molecule has 82 valence electrons. The third kappa shape index (κ3) is 2.35. The molecule has 1 fully saturated rings. The topological polar surface area (TPSA) is 53.4 Å². The minimum absolute atomic E-state index is 0.217. The Morgan fingerprint density at radius 3 is 2.73 bits per heavy atom. The van der Waals surface area contributed by atoms with Gasteiger partial charge in [0.25, 0.3) is 0 Å². The molecule has 1 aliphatic rings. The molecule has 1 saturated heterocycles. The Kier molecular flexibility index (Phi) is 3.02. The van der Waals surface area contributed by atoms with Crippen LogP contribution in [0.1, 0.15) is 33.2 Å². The molecule has 0 unspecified atom stereocenters. The highest BCUT2D eigenvalue weighted by atomic mass is 32.1. The summed E-state index contributed by atoms with van der Waals surface area (Å²) < 4.78 is 0. The normalized spacial score (nSPS) is 17.1. The van der Waals surface area contributed by atoms with E-state index in [9.17, 15) is 4.79 Å². The van der Waals surface area contributed by atoms with Crippen LogP contribution in [-0.4, -0.2) is 34.0 Å². The minimum Gasteiger partial charge on any atom is -0.476 e. The van der Waals surface area contributed by atoms with Crippen LogP contribution in [0, 0.1) is 6.92 Å². The van der Waals surface area contributed by atoms with Gasteiger partial charge in [0.05, 0.1) is 6.54 Å². The fourth-order valence-corrected chi connectivity index (χ4v) is 2.82. The largest absolute Gasteiger partial charge is 0.476 e. The van der Waals surface area contributed by atoms with Crippen molar-refractivity contribution in [2.45, 2.75) is 26.3 Å². The number of nitrogens with zero attached hydrogens (tertiary/aromatic N) is 2. The van der Waals surface area contributed by atoms with Crippen LogP contribution >= 0.6 is 11.3 Å². The zero-order valence-corrected chi connectivity index (χ0v) is 9.51. The van der Waals surface area contributed by atoms with Crippen LogP contribution in [0.25, 0.3) is 0 Å². The highest BCUT2D eigenvalue weighted by molar-refractivity contribution is 7.11. The molecule has 2 rings (SSSR count). The third-order valence-corrected chi connectivity index (χ3v) is 3.56. The molecular formula is C10H14N2O2S. The molecule has 1 aliphatic heterocycles. The number of hydrogen-bond donors (Lipinski definition) is 1. The van der Waals surface area contributed by atoms with Crippen molar-refractivity contribution in [1.82, 2.24) is 9.88 Å². The molecule has 0 bridgehead atoms. The lowest BCUT2D eigenvalue weighted by Crippen LogP contribution is -2.18. The highest BCUT2D eigenvalue weighted by Crippen LogP contribution is 2.20. The van der Waals surface area contributed by atoms with E-state index in [1.54, 1.807) is 0 Å². The zero-order valence-electron chi connectivity index (χ0n) is 8.69. The first-order valence-electron chi connectivity index (χ1n) is 5.09. The van der Waals surface area contributed by atoms with Crippen molar-refractivity contribution in [2.75, 3.05) is 13.1 Å². The van der Waals surface area contributed by atoms with Crippen molar-refractivity contribution >= 4 is 17.3 Å². The van der Waals surface area contributed by atoms with Gasteiger partial charge in [0.2, 0.25) is 0 Å². The number of aryl methyl sites for hydroxylation is 1. The maximum absolute atomic E-state index is 10.8. The van der Waals surface area contributed by atoms with Crippen LogP contribution < -0.4 is 0 Å². The molecule has 0 aromatic carbocycles. The van der Waals surface area contributed by atoms with Crippen molar-refractivity contribution < 1.29 is 9.90 Å². The number of thiazole rings is 1. The molecule has 0 saturated carbocycles. The van der Waals surface area contributed by atoms with Crippen LogP contribution in [0.15, 0.2) is 0 Å². The summed E-state index contributed by atoms with van der Waals surface area (Å²) in [6.07, 6.45) is 2.49. The molecular weight excluding hydrogens is 212 g/mol. The van der Waals surface area contributed by atoms with E-state index >= 15 is 0 Å². The van der Waals surface area contributed by atoms with E-state index in [0.717, 1.165) is 29.5 Å². The summed E-state index contributed by atoms with van der Waals surface area (Å²) in [6, 6.07) is 0. The van der Waals surface area contributed by atoms with E-state index < -0.39 is 5.97 Å². The molecule has 0 aliphatic carbocycles. The summed E-state index contributed by atoms with van der Waals surface area (Å²) in [5, 5.41) is 9.79. The summed E-state index contributed by atoms with van der Waals surface area (Å²) in [5.74, 6) is -0.920. The molecule has 1 aromatic heterocycles. The van der Waals surface area contributed by atoms with E-state index in [0.29, 0.717) is 0 Å². The van der Waals surface area contributed by atoms with Crippen molar-refractivity contribution in [1.29, 1.82) is 0 Å². The molecule has 0 radical (unpaired) electrons. The van der Waals surface area contributed by atoms with Gasteiger partial charge in [0, 0.05) is 4.88 Å². The van der Waals surface area contributed by atoms with Gasteiger partial charge in [-0.25, -0.2) is 9.78 Å². The summed E-state index contributed by atoms with van der Waals surface area (Å²) >= 11 is 1.50. The molecule has 4 nitrogen and oxygen atoms in total. The molecule has 0 spiro atoms. The number of aromatic carboxylic acids is 1. The van der Waals surface area contributed by atoms with E-state index in [1.807, 2.05) is 6.92 Å². The van der Waals surface area contributed by atoms with Gasteiger partial charge in [-0.15, -0.1) is 11.3 Å². The van der Waals surface area contributed by atoms with Crippen LogP contribution in [0.2, 0.25) is 0 Å². The smallest absolute Gasteiger partial charge is 0.355 e. The first-order chi connectivity index (χ1) is 7.16. The second-order valence-corrected chi connectivity index (χ2v) is 5.09. The lowest BCUT2D eigenvalue weighted by atomic mass is 10.4. The number of carboxylic acids is 1. The quantitative estimate of drug-likeness (QED) is 0.853. The Morgan fingerprint density at radius 2 is 2.20 bits per heavy atom. The highest BCUT2D eigenvalue weighted by Gasteiger charge is 2.17. The number of likely N-dealkylation sites (tertiary alicyclic amines) is 1. The minimum atomic E-state index is -0.920. The molecule has 1 aromatic rings. The predicted molar refractivity (Wildman–Crippen MR) is 58.3 cm³/mol. The Labute approximate surface area is 92.6 Å². The Balaban J connectivity index is 2.08. The SMILES string of the molecule is Cc1sc(CN2CCCC2)nc1C(=O)O. The first kappa shape index (κ1) is 10.6. The average molecular weight is 226 g/mol. The van der Waals surface area contributed by atoms with Crippen molar-refractivity contribution in [2.24, 2.45) is 0 Å². The van der Waals surface area contributed by atoms with E-state index in [1.165, 1.54) is 24.2 Å². The van der Waals surface area contributed by atoms with Gasteiger partial charge >= 0.3 is 5.97 Å². The van der Waals surface area contributed by atoms with Gasteiger partial charge in [-0.1, -0.05) is 0 Å². The number of aromatic nitrogens is 1. The average Bonchev–Trinajstić information content (AvgIpc) is 2.75. The number of carboxylic acid groups (broad SMARTS) is 1. The third-order valence-electron chi connectivity index (χ3n) is 2.60. The fraction of sp³-hybridized carbons (Fsp3) is 0.600. The number of carbonyl (C=O) groups is 1. The summed E-state index contributed by atoms with van der Waals surface area (Å²) in [6.45, 7) is 4.84. The summed E-state index contributed by atoms with van der Waals surface area (Å²) in [5.41, 5.74) is 0.217. The van der Waals surface area contributed by atoms with Crippen LogP contribution in [0.3, 0.4) is 0 Å². The van der Waals surface area contributed by atoms with Crippen LogP contribution in [0.5, 0.6) is 0 Å². The van der Waals surface area contributed by atoms with Gasteiger partial charge in [-0.05, 0) is 32.9 Å². The molecule has 0 atom stereocenters. The van der Waals surface area contributed by atoms with E-state index in [2.05, 4.69) is 9.88 Å². The second-order valence-electron chi connectivity index (χ2n) is 3.80. The molecule has 0 amide bonds. The molecule has 5 heteroatoms. The maximum atomic E-state index is 10.8. The van der Waals surface area contributed by atoms with Crippen molar-refractivity contribution in [3.8, 4) is 0 Å². The maximum Gasteiger partial charge on any atom is 0.355 e. The fourth-order valence-electron chi connectivity index (χ4n) is 1.85. The Morgan fingerprint density at radius 1 is 1.53 bits per heavy atom. The van der Waals surface area contributed by atoms with Crippen molar-refractivity contribution in [3.63, 3.8) is 0 Å². The van der Waals surface area contributed by atoms with E-state index in [4.69, 9.17) is 5.11 Å². The van der Waals surface area contributed by atoms with Crippen LogP contribution in [-0.2, 0) is 6.54 Å². The summed E-state index contributed by atoms with van der Waals surface area (Å²) in [7, 11) is 0. The zero-order chi connectivity index (χ0) is 10.8. The predicted octanol–water partition coefficient (Wildman–Crippen LogP) is 1.75. The molecule has 15 heavy (non-hydrogen) atoms. The lowest BCUT2D eigenvalue weighted by molar-refractivity contribution is 0.0690. The Bertz CT molecular complexity index is 369. The molecule has 1 N–H and O–H groups in total. The molecule has 2 heterocycles. The standard InChI is InChI=1S/C10H14N2O2S/c1-7-9(10(13)14)11-8(15-7)6-12-4-2-3-5-12/h2-6H2,1H3,(H,13,14).